The molecule has 0 spiro atoms. The topological polar surface area (TPSA) is 26.3 Å². The van der Waals surface area contributed by atoms with Gasteiger partial charge in [-0.05, 0) is 13.8 Å². The van der Waals surface area contributed by atoms with Gasteiger partial charge in [-0.2, -0.15) is 0 Å². The van der Waals surface area contributed by atoms with E-state index in [-0.39, 0.29) is 5.38 Å². The molecule has 0 bridgehead atoms. The van der Waals surface area contributed by atoms with Crippen LogP contribution in [-0.2, 0) is 9.53 Å². The number of carbonyl (C=O) groups excluding carboxylic acids is 1. The second-order valence-electron chi connectivity index (χ2n) is 2.22. The highest BCUT2D eigenvalue weighted by atomic mass is 35.5. The fourth-order valence-corrected chi connectivity index (χ4v) is 0.782. The monoisotopic (exact) mass is 210 g/mol. The van der Waals surface area contributed by atoms with E-state index in [1.165, 1.54) is 6.08 Å². The molecule has 0 saturated heterocycles. The summed E-state index contributed by atoms with van der Waals surface area (Å²) in [6, 6.07) is 0. The van der Waals surface area contributed by atoms with Crippen LogP contribution in [0.1, 0.15) is 13.8 Å². The second kappa shape index (κ2) is 6.32. The van der Waals surface area contributed by atoms with Gasteiger partial charge in [0.2, 0.25) is 0 Å². The SMILES string of the molecule is CCOC(=O)[C@H](Cl)/C=C/[C@H](C)Cl. The van der Waals surface area contributed by atoms with E-state index in [9.17, 15) is 4.79 Å². The minimum Gasteiger partial charge on any atom is -0.465 e. The Morgan fingerprint density at radius 2 is 2.08 bits per heavy atom. The Hall–Kier alpha value is -0.210. The molecule has 0 aromatic carbocycles. The van der Waals surface area contributed by atoms with Gasteiger partial charge in [0.15, 0.2) is 0 Å². The van der Waals surface area contributed by atoms with Crippen molar-refractivity contribution in [2.24, 2.45) is 0 Å². The maximum Gasteiger partial charge on any atom is 0.327 e. The maximum absolute atomic E-state index is 10.9. The molecule has 4 heteroatoms. The largest absolute Gasteiger partial charge is 0.465 e. The van der Waals surface area contributed by atoms with E-state index >= 15 is 0 Å². The molecule has 0 unspecified atom stereocenters. The van der Waals surface area contributed by atoms with Crippen LogP contribution in [0.3, 0.4) is 0 Å². The van der Waals surface area contributed by atoms with E-state index in [1.807, 2.05) is 0 Å². The highest BCUT2D eigenvalue weighted by molar-refractivity contribution is 6.31. The van der Waals surface area contributed by atoms with Crippen LogP contribution in [0.5, 0.6) is 0 Å². The first kappa shape index (κ1) is 11.8. The van der Waals surface area contributed by atoms with Gasteiger partial charge in [0.05, 0.1) is 6.61 Å². The fourth-order valence-electron chi connectivity index (χ4n) is 0.551. The Morgan fingerprint density at radius 1 is 1.50 bits per heavy atom. The lowest BCUT2D eigenvalue weighted by Gasteiger charge is -2.03. The van der Waals surface area contributed by atoms with E-state index in [2.05, 4.69) is 4.74 Å². The van der Waals surface area contributed by atoms with Crippen LogP contribution >= 0.6 is 23.2 Å². The van der Waals surface area contributed by atoms with Crippen molar-refractivity contribution in [1.82, 2.24) is 0 Å². The number of carbonyl (C=O) groups is 1. The lowest BCUT2D eigenvalue weighted by atomic mass is 10.3. The van der Waals surface area contributed by atoms with Gasteiger partial charge in [-0.15, -0.1) is 23.2 Å². The summed E-state index contributed by atoms with van der Waals surface area (Å²) in [5.41, 5.74) is 0. The summed E-state index contributed by atoms with van der Waals surface area (Å²) in [5, 5.41) is -0.855. The Labute approximate surface area is 82.5 Å². The molecule has 0 heterocycles. The molecule has 0 aromatic heterocycles. The molecule has 0 saturated carbocycles. The van der Waals surface area contributed by atoms with E-state index in [0.717, 1.165) is 0 Å². The van der Waals surface area contributed by atoms with Gasteiger partial charge in [-0.1, -0.05) is 12.2 Å². The van der Waals surface area contributed by atoms with Crippen LogP contribution < -0.4 is 0 Å². The summed E-state index contributed by atoms with van der Waals surface area (Å²) in [5.74, 6) is -0.437. The standard InChI is InChI=1S/C8H12Cl2O2/c1-3-12-8(11)7(10)5-4-6(2)9/h4-7H,3H2,1-2H3/b5-4+/t6-,7+/m0/s1. The summed E-state index contributed by atoms with van der Waals surface area (Å²) in [7, 11) is 0. The molecule has 2 nitrogen and oxygen atoms in total. The molecular formula is C8H12Cl2O2. The van der Waals surface area contributed by atoms with Crippen LogP contribution in [0.15, 0.2) is 12.2 Å². The van der Waals surface area contributed by atoms with Gasteiger partial charge >= 0.3 is 5.97 Å². The molecule has 0 amide bonds. The lowest BCUT2D eigenvalue weighted by Crippen LogP contribution is -2.15. The predicted molar refractivity (Wildman–Crippen MR) is 50.7 cm³/mol. The number of halogens is 2. The molecule has 0 aromatic rings. The average molecular weight is 211 g/mol. The molecular weight excluding hydrogens is 199 g/mol. The zero-order chi connectivity index (χ0) is 9.56. The van der Waals surface area contributed by atoms with Crippen LogP contribution in [0.2, 0.25) is 0 Å². The predicted octanol–water partition coefficient (Wildman–Crippen LogP) is 2.34. The summed E-state index contributed by atoms with van der Waals surface area (Å²) >= 11 is 11.2. The van der Waals surface area contributed by atoms with Gasteiger partial charge in [-0.3, -0.25) is 4.79 Å². The Morgan fingerprint density at radius 3 is 2.50 bits per heavy atom. The smallest absolute Gasteiger partial charge is 0.327 e. The minimum absolute atomic E-state index is 0.124. The van der Waals surface area contributed by atoms with Crippen molar-refractivity contribution in [2.75, 3.05) is 6.61 Å². The van der Waals surface area contributed by atoms with Gasteiger partial charge < -0.3 is 4.74 Å². The van der Waals surface area contributed by atoms with Crippen molar-refractivity contribution in [3.8, 4) is 0 Å². The zero-order valence-electron chi connectivity index (χ0n) is 7.09. The van der Waals surface area contributed by atoms with Crippen molar-refractivity contribution in [3.63, 3.8) is 0 Å². The quantitative estimate of drug-likeness (QED) is 0.405. The normalized spacial score (nSPS) is 16.0. The van der Waals surface area contributed by atoms with Crippen molar-refractivity contribution >= 4 is 29.2 Å². The van der Waals surface area contributed by atoms with Crippen molar-refractivity contribution in [2.45, 2.75) is 24.6 Å². The van der Waals surface area contributed by atoms with E-state index in [1.54, 1.807) is 19.9 Å². The first-order chi connectivity index (χ1) is 5.57. The Bertz CT molecular complexity index is 166. The van der Waals surface area contributed by atoms with Crippen molar-refractivity contribution in [3.05, 3.63) is 12.2 Å². The van der Waals surface area contributed by atoms with Crippen LogP contribution in [0, 0.1) is 0 Å². The molecule has 0 rings (SSSR count). The van der Waals surface area contributed by atoms with Crippen LogP contribution in [-0.4, -0.2) is 23.3 Å². The van der Waals surface area contributed by atoms with E-state index in [0.29, 0.717) is 6.61 Å². The molecule has 0 aliphatic rings. The number of hydrogen-bond donors (Lipinski definition) is 0. The van der Waals surface area contributed by atoms with E-state index in [4.69, 9.17) is 23.2 Å². The number of alkyl halides is 2. The van der Waals surface area contributed by atoms with Gasteiger partial charge in [-0.25, -0.2) is 0 Å². The molecule has 0 N–H and O–H groups in total. The van der Waals surface area contributed by atoms with Crippen LogP contribution in [0.25, 0.3) is 0 Å². The molecule has 0 fully saturated rings. The van der Waals surface area contributed by atoms with Crippen LogP contribution in [0.4, 0.5) is 0 Å². The van der Waals surface area contributed by atoms with Crippen molar-refractivity contribution < 1.29 is 9.53 Å². The third-order valence-electron chi connectivity index (χ3n) is 1.06. The maximum atomic E-state index is 10.9. The Kier molecular flexibility index (Phi) is 6.21. The number of allylic oxidation sites excluding steroid dienone is 1. The molecule has 2 atom stereocenters. The Balaban J connectivity index is 3.86. The summed E-state index contributed by atoms with van der Waals surface area (Å²) in [4.78, 5) is 10.9. The number of esters is 1. The van der Waals surface area contributed by atoms with Gasteiger partial charge in [0.25, 0.3) is 0 Å². The number of rotatable bonds is 4. The summed E-state index contributed by atoms with van der Waals surface area (Å²) in [6.45, 7) is 3.86. The zero-order valence-corrected chi connectivity index (χ0v) is 8.60. The first-order valence-electron chi connectivity index (χ1n) is 3.71. The third kappa shape index (κ3) is 5.44. The minimum atomic E-state index is -0.730. The van der Waals surface area contributed by atoms with Gasteiger partial charge in [0.1, 0.15) is 5.38 Å². The number of ether oxygens (including phenoxy) is 1. The number of hydrogen-bond acceptors (Lipinski definition) is 2. The van der Waals surface area contributed by atoms with Gasteiger partial charge in [0, 0.05) is 5.38 Å². The molecule has 12 heavy (non-hydrogen) atoms. The molecule has 0 aliphatic carbocycles. The average Bonchev–Trinajstić information content (AvgIpc) is 2.00. The van der Waals surface area contributed by atoms with E-state index < -0.39 is 11.3 Å². The summed E-state index contributed by atoms with van der Waals surface area (Å²) < 4.78 is 4.67. The lowest BCUT2D eigenvalue weighted by molar-refractivity contribution is -0.141. The highest BCUT2D eigenvalue weighted by Crippen LogP contribution is 2.04. The van der Waals surface area contributed by atoms with Crippen molar-refractivity contribution in [1.29, 1.82) is 0 Å². The molecule has 0 radical (unpaired) electrons. The first-order valence-corrected chi connectivity index (χ1v) is 4.58. The molecule has 70 valence electrons. The third-order valence-corrected chi connectivity index (χ3v) is 1.53. The highest BCUT2D eigenvalue weighted by Gasteiger charge is 2.12. The fraction of sp³-hybridized carbons (Fsp3) is 0.625. The summed E-state index contributed by atoms with van der Waals surface area (Å²) in [6.07, 6.45) is 3.17. The molecule has 0 aliphatic heterocycles. The second-order valence-corrected chi connectivity index (χ2v) is 3.37.